The summed E-state index contributed by atoms with van der Waals surface area (Å²) in [6.45, 7) is 0. The SMILES string of the molecule is N#C/C(=C\c1c(Oc2ccccc2)nc2ccccn2c1=O)C(=O)NC1CCS(=O)(=O)C1. The van der Waals surface area contributed by atoms with Crippen LogP contribution in [0.5, 0.6) is 11.6 Å². The van der Waals surface area contributed by atoms with Crippen molar-refractivity contribution in [2.45, 2.75) is 12.5 Å². The van der Waals surface area contributed by atoms with E-state index in [1.807, 2.05) is 0 Å². The number of nitriles is 1. The van der Waals surface area contributed by atoms with Crippen molar-refractivity contribution in [1.29, 1.82) is 5.26 Å². The maximum absolute atomic E-state index is 13.1. The Bertz CT molecular complexity index is 1420. The Kier molecular flexibility index (Phi) is 5.75. The summed E-state index contributed by atoms with van der Waals surface area (Å²) in [5.74, 6) is -0.600. The van der Waals surface area contributed by atoms with Gasteiger partial charge in [0, 0.05) is 12.2 Å². The van der Waals surface area contributed by atoms with E-state index < -0.39 is 27.3 Å². The second-order valence-corrected chi connectivity index (χ2v) is 9.45. The third kappa shape index (κ3) is 4.53. The number of amides is 1. The van der Waals surface area contributed by atoms with Gasteiger partial charge in [-0.15, -0.1) is 0 Å². The molecular weight excluding hydrogens is 432 g/mol. The zero-order chi connectivity index (χ0) is 22.7. The summed E-state index contributed by atoms with van der Waals surface area (Å²) in [5, 5.41) is 12.1. The zero-order valence-corrected chi connectivity index (χ0v) is 17.6. The van der Waals surface area contributed by atoms with E-state index in [9.17, 15) is 23.3 Å². The number of hydrogen-bond donors (Lipinski definition) is 1. The largest absolute Gasteiger partial charge is 0.438 e. The van der Waals surface area contributed by atoms with Gasteiger partial charge in [-0.05, 0) is 36.8 Å². The fourth-order valence-corrected chi connectivity index (χ4v) is 5.02. The van der Waals surface area contributed by atoms with Gasteiger partial charge < -0.3 is 10.1 Å². The Morgan fingerprint density at radius 1 is 1.22 bits per heavy atom. The number of hydrogen-bond acceptors (Lipinski definition) is 7. The monoisotopic (exact) mass is 450 g/mol. The maximum Gasteiger partial charge on any atom is 0.269 e. The molecule has 4 rings (SSSR count). The number of rotatable bonds is 5. The minimum absolute atomic E-state index is 0.0193. The molecule has 1 aromatic carbocycles. The molecule has 1 atom stereocenters. The predicted octanol–water partition coefficient (Wildman–Crippen LogP) is 1.70. The lowest BCUT2D eigenvalue weighted by atomic mass is 10.1. The molecule has 9 nitrogen and oxygen atoms in total. The first-order chi connectivity index (χ1) is 15.4. The van der Waals surface area contributed by atoms with Crippen molar-refractivity contribution in [2.75, 3.05) is 11.5 Å². The number of ether oxygens (including phenoxy) is 1. The number of aromatic nitrogens is 2. The summed E-state index contributed by atoms with van der Waals surface area (Å²) in [6.07, 6.45) is 2.91. The molecule has 1 fully saturated rings. The van der Waals surface area contributed by atoms with Crippen LogP contribution in [0.4, 0.5) is 0 Å². The van der Waals surface area contributed by atoms with E-state index in [0.29, 0.717) is 11.4 Å². The van der Waals surface area contributed by atoms with Gasteiger partial charge in [0.1, 0.15) is 28.6 Å². The van der Waals surface area contributed by atoms with E-state index in [1.54, 1.807) is 54.6 Å². The summed E-state index contributed by atoms with van der Waals surface area (Å²) in [4.78, 5) is 30.1. The van der Waals surface area contributed by atoms with Gasteiger partial charge in [-0.2, -0.15) is 10.2 Å². The lowest BCUT2D eigenvalue weighted by Crippen LogP contribution is -2.36. The molecule has 1 aliphatic rings. The average molecular weight is 450 g/mol. The highest BCUT2D eigenvalue weighted by Crippen LogP contribution is 2.24. The van der Waals surface area contributed by atoms with Gasteiger partial charge in [-0.3, -0.25) is 14.0 Å². The molecule has 162 valence electrons. The Balaban J connectivity index is 1.75. The Morgan fingerprint density at radius 3 is 2.66 bits per heavy atom. The van der Waals surface area contributed by atoms with Gasteiger partial charge >= 0.3 is 0 Å². The molecule has 0 radical (unpaired) electrons. The first-order valence-corrected chi connectivity index (χ1v) is 11.6. The van der Waals surface area contributed by atoms with E-state index in [-0.39, 0.29) is 34.9 Å². The van der Waals surface area contributed by atoms with Crippen molar-refractivity contribution in [2.24, 2.45) is 0 Å². The van der Waals surface area contributed by atoms with Gasteiger partial charge in [0.2, 0.25) is 5.88 Å². The molecule has 1 aliphatic heterocycles. The van der Waals surface area contributed by atoms with Crippen molar-refractivity contribution in [3.63, 3.8) is 0 Å². The molecular formula is C22H18N4O5S. The highest BCUT2D eigenvalue weighted by atomic mass is 32.2. The van der Waals surface area contributed by atoms with Crippen LogP contribution in [0.1, 0.15) is 12.0 Å². The van der Waals surface area contributed by atoms with E-state index in [2.05, 4.69) is 10.3 Å². The van der Waals surface area contributed by atoms with E-state index in [1.165, 1.54) is 10.6 Å². The molecule has 3 heterocycles. The van der Waals surface area contributed by atoms with Crippen LogP contribution in [0.2, 0.25) is 0 Å². The molecule has 0 aliphatic carbocycles. The number of nitrogens with zero attached hydrogens (tertiary/aromatic N) is 3. The van der Waals surface area contributed by atoms with Gasteiger partial charge in [-0.1, -0.05) is 24.3 Å². The van der Waals surface area contributed by atoms with Crippen molar-refractivity contribution in [1.82, 2.24) is 14.7 Å². The third-order valence-corrected chi connectivity index (χ3v) is 6.68. The summed E-state index contributed by atoms with van der Waals surface area (Å²) in [7, 11) is -3.21. The van der Waals surface area contributed by atoms with Crippen LogP contribution in [0, 0.1) is 11.3 Å². The molecule has 10 heteroatoms. The molecule has 0 bridgehead atoms. The molecule has 1 N–H and O–H groups in total. The summed E-state index contributed by atoms with van der Waals surface area (Å²) < 4.78 is 30.4. The lowest BCUT2D eigenvalue weighted by molar-refractivity contribution is -0.117. The molecule has 32 heavy (non-hydrogen) atoms. The number of fused-ring (bicyclic) bond motifs is 1. The number of benzene rings is 1. The standard InChI is InChI=1S/C22H18N4O5S/c23-13-15(20(27)24-16-9-11-32(29,30)14-16)12-18-21(31-17-6-2-1-3-7-17)25-19-8-4-5-10-26(19)22(18)28/h1-8,10,12,16H,9,11,14H2,(H,24,27)/b15-12+. The molecule has 1 saturated heterocycles. The number of pyridine rings is 1. The van der Waals surface area contributed by atoms with Gasteiger partial charge in [0.05, 0.1) is 11.5 Å². The van der Waals surface area contributed by atoms with E-state index in [0.717, 1.165) is 6.08 Å². The average Bonchev–Trinajstić information content (AvgIpc) is 3.12. The second-order valence-electron chi connectivity index (χ2n) is 7.22. The van der Waals surface area contributed by atoms with Crippen LogP contribution in [-0.2, 0) is 14.6 Å². The first-order valence-electron chi connectivity index (χ1n) is 9.74. The van der Waals surface area contributed by atoms with Crippen LogP contribution in [0.25, 0.3) is 11.7 Å². The maximum atomic E-state index is 13.1. The topological polar surface area (TPSA) is 131 Å². The molecule has 0 saturated carbocycles. The smallest absolute Gasteiger partial charge is 0.269 e. The van der Waals surface area contributed by atoms with Crippen molar-refractivity contribution >= 4 is 27.5 Å². The van der Waals surface area contributed by atoms with E-state index >= 15 is 0 Å². The number of sulfone groups is 1. The number of carbonyl (C=O) groups excluding carboxylic acids is 1. The summed E-state index contributed by atoms with van der Waals surface area (Å²) >= 11 is 0. The minimum atomic E-state index is -3.21. The summed E-state index contributed by atoms with van der Waals surface area (Å²) in [6, 6.07) is 14.9. The first kappa shape index (κ1) is 21.3. The quantitative estimate of drug-likeness (QED) is 0.462. The highest BCUT2D eigenvalue weighted by Gasteiger charge is 2.29. The minimum Gasteiger partial charge on any atom is -0.438 e. The van der Waals surface area contributed by atoms with Crippen molar-refractivity contribution < 1.29 is 17.9 Å². The number of para-hydroxylation sites is 1. The van der Waals surface area contributed by atoms with Crippen molar-refractivity contribution in [3.8, 4) is 17.7 Å². The van der Waals surface area contributed by atoms with Crippen LogP contribution >= 0.6 is 0 Å². The molecule has 1 unspecified atom stereocenters. The molecule has 0 spiro atoms. The van der Waals surface area contributed by atoms with Crippen LogP contribution < -0.4 is 15.6 Å². The lowest BCUT2D eigenvalue weighted by Gasteiger charge is -2.12. The Labute approximate surface area is 183 Å². The van der Waals surface area contributed by atoms with Crippen LogP contribution in [0.3, 0.4) is 0 Å². The Morgan fingerprint density at radius 2 is 1.97 bits per heavy atom. The normalized spacial score (nSPS) is 17.6. The highest BCUT2D eigenvalue weighted by molar-refractivity contribution is 7.91. The van der Waals surface area contributed by atoms with Crippen molar-refractivity contribution in [3.05, 3.63) is 76.2 Å². The zero-order valence-electron chi connectivity index (χ0n) is 16.8. The van der Waals surface area contributed by atoms with Gasteiger partial charge in [-0.25, -0.2) is 8.42 Å². The van der Waals surface area contributed by atoms with Gasteiger partial charge in [0.25, 0.3) is 11.5 Å². The van der Waals surface area contributed by atoms with E-state index in [4.69, 9.17) is 4.74 Å². The molecule has 2 aromatic heterocycles. The molecule has 3 aromatic rings. The fraction of sp³-hybridized carbons (Fsp3) is 0.182. The van der Waals surface area contributed by atoms with Crippen LogP contribution in [-0.4, -0.2) is 41.3 Å². The summed E-state index contributed by atoms with van der Waals surface area (Å²) in [5.41, 5.74) is -0.629. The fourth-order valence-electron chi connectivity index (χ4n) is 3.35. The number of carbonyl (C=O) groups is 1. The number of nitrogens with one attached hydrogen (secondary N) is 1. The van der Waals surface area contributed by atoms with Gasteiger partial charge in [0.15, 0.2) is 9.84 Å². The Hall–Kier alpha value is -3.97. The second kappa shape index (κ2) is 8.64. The third-order valence-electron chi connectivity index (χ3n) is 4.91. The molecule has 1 amide bonds. The van der Waals surface area contributed by atoms with Crippen LogP contribution in [0.15, 0.2) is 65.1 Å². The predicted molar refractivity (Wildman–Crippen MR) is 117 cm³/mol.